The van der Waals surface area contributed by atoms with E-state index in [1.54, 1.807) is 61.3 Å². The number of nitrogens with one attached hydrogen (secondary N) is 1. The number of hydrogen-bond acceptors (Lipinski definition) is 8. The first kappa shape index (κ1) is 23.1. The summed E-state index contributed by atoms with van der Waals surface area (Å²) in [6, 6.07) is 10.3. The van der Waals surface area contributed by atoms with Crippen LogP contribution in [0.3, 0.4) is 0 Å². The predicted octanol–water partition coefficient (Wildman–Crippen LogP) is 3.28. The van der Waals surface area contributed by atoms with Gasteiger partial charge in [-0.1, -0.05) is 25.1 Å². The van der Waals surface area contributed by atoms with E-state index in [1.165, 1.54) is 0 Å². The zero-order valence-corrected chi connectivity index (χ0v) is 20.5. The molecule has 0 amide bonds. The predicted molar refractivity (Wildman–Crippen MR) is 131 cm³/mol. The number of hydrogen-bond donors (Lipinski definition) is 1. The molecule has 1 atom stereocenters. The molecule has 5 rings (SSSR count). The fourth-order valence-corrected chi connectivity index (χ4v) is 5.44. The molecule has 4 heterocycles. The number of sulfonamides is 1. The van der Waals surface area contributed by atoms with Gasteiger partial charge in [-0.25, -0.2) is 23.1 Å². The highest BCUT2D eigenvalue weighted by molar-refractivity contribution is 7.89. The molecule has 1 aromatic carbocycles. The van der Waals surface area contributed by atoms with Gasteiger partial charge < -0.3 is 4.90 Å². The van der Waals surface area contributed by atoms with E-state index < -0.39 is 10.0 Å². The van der Waals surface area contributed by atoms with E-state index >= 15 is 0 Å². The second kappa shape index (κ2) is 9.16. The van der Waals surface area contributed by atoms with E-state index in [4.69, 9.17) is 4.98 Å². The van der Waals surface area contributed by atoms with Crippen molar-refractivity contribution in [3.8, 4) is 17.1 Å². The second-order valence-electron chi connectivity index (χ2n) is 8.56. The van der Waals surface area contributed by atoms with E-state index in [-0.39, 0.29) is 23.5 Å². The summed E-state index contributed by atoms with van der Waals surface area (Å²) in [6.07, 6.45) is 7.59. The third-order valence-electron chi connectivity index (χ3n) is 6.06. The fraction of sp³-hybridized carbons (Fsp3) is 0.292. The van der Waals surface area contributed by atoms with Crippen molar-refractivity contribution in [3.63, 3.8) is 0 Å². The van der Waals surface area contributed by atoms with Gasteiger partial charge in [-0.2, -0.15) is 0 Å². The van der Waals surface area contributed by atoms with Gasteiger partial charge >= 0.3 is 0 Å². The van der Waals surface area contributed by atoms with Crippen molar-refractivity contribution in [1.82, 2.24) is 34.4 Å². The van der Waals surface area contributed by atoms with Gasteiger partial charge in [0.15, 0.2) is 17.5 Å². The van der Waals surface area contributed by atoms with Crippen molar-refractivity contribution in [2.24, 2.45) is 0 Å². The van der Waals surface area contributed by atoms with Gasteiger partial charge in [0.1, 0.15) is 12.0 Å². The third-order valence-corrected chi connectivity index (χ3v) is 7.47. The van der Waals surface area contributed by atoms with Gasteiger partial charge in [-0.3, -0.25) is 9.55 Å². The Balaban J connectivity index is 1.53. The van der Waals surface area contributed by atoms with Crippen LogP contribution in [0.15, 0.2) is 66.2 Å². The van der Waals surface area contributed by atoms with E-state index in [0.29, 0.717) is 17.0 Å². The Kier molecular flexibility index (Phi) is 6.03. The number of anilines is 1. The summed E-state index contributed by atoms with van der Waals surface area (Å²) < 4.78 is 30.1. The maximum Gasteiger partial charge on any atom is 0.240 e. The Labute approximate surface area is 204 Å². The first-order valence-electron chi connectivity index (χ1n) is 11.4. The molecule has 0 saturated heterocycles. The molecule has 35 heavy (non-hydrogen) atoms. The standard InChI is InChI=1S/C24H26N8O2S/c1-4-20-24-30-27-15-31(24)21-14-26-22(29-23(21)32(20)16(2)3)19-10-11-25-12-17(19)13-28-35(33,34)18-8-6-5-7-9-18/h5-12,14-16,20,28H,4,13H2,1-3H3. The van der Waals surface area contributed by atoms with Crippen LogP contribution in [0.4, 0.5) is 5.82 Å². The maximum atomic E-state index is 12.7. The van der Waals surface area contributed by atoms with Crippen LogP contribution in [0.5, 0.6) is 0 Å². The minimum Gasteiger partial charge on any atom is -0.342 e. The zero-order chi connectivity index (χ0) is 24.6. The average molecular weight is 491 g/mol. The molecule has 10 nitrogen and oxygen atoms in total. The fourth-order valence-electron chi connectivity index (χ4n) is 4.41. The van der Waals surface area contributed by atoms with Gasteiger partial charge in [0.05, 0.1) is 17.1 Å². The Hall–Kier alpha value is -3.70. The molecule has 1 N–H and O–H groups in total. The molecule has 0 aliphatic carbocycles. The average Bonchev–Trinajstić information content (AvgIpc) is 3.37. The summed E-state index contributed by atoms with van der Waals surface area (Å²) in [4.78, 5) is 16.2. The summed E-state index contributed by atoms with van der Waals surface area (Å²) in [6.45, 7) is 6.42. The van der Waals surface area contributed by atoms with Crippen LogP contribution >= 0.6 is 0 Å². The summed E-state index contributed by atoms with van der Waals surface area (Å²) in [7, 11) is -3.67. The van der Waals surface area contributed by atoms with E-state index in [2.05, 4.69) is 50.6 Å². The van der Waals surface area contributed by atoms with Crippen molar-refractivity contribution < 1.29 is 8.42 Å². The molecule has 0 spiro atoms. The first-order valence-corrected chi connectivity index (χ1v) is 12.9. The molecular weight excluding hydrogens is 464 g/mol. The van der Waals surface area contributed by atoms with Crippen molar-refractivity contribution in [1.29, 1.82) is 0 Å². The highest BCUT2D eigenvalue weighted by Crippen LogP contribution is 2.39. The molecule has 180 valence electrons. The van der Waals surface area contributed by atoms with Gasteiger partial charge in [-0.15, -0.1) is 10.2 Å². The molecular formula is C24H26N8O2S. The van der Waals surface area contributed by atoms with E-state index in [0.717, 1.165) is 23.8 Å². The lowest BCUT2D eigenvalue weighted by Crippen LogP contribution is -2.40. The molecule has 3 aromatic heterocycles. The number of nitrogens with zero attached hydrogens (tertiary/aromatic N) is 7. The van der Waals surface area contributed by atoms with Crippen molar-refractivity contribution >= 4 is 15.8 Å². The Morgan fingerprint density at radius 2 is 1.91 bits per heavy atom. The molecule has 0 bridgehead atoms. The smallest absolute Gasteiger partial charge is 0.240 e. The monoisotopic (exact) mass is 490 g/mol. The summed E-state index contributed by atoms with van der Waals surface area (Å²) in [5, 5.41) is 8.47. The molecule has 1 unspecified atom stereocenters. The third kappa shape index (κ3) is 4.17. The van der Waals surface area contributed by atoms with Crippen molar-refractivity contribution in [2.75, 3.05) is 4.90 Å². The van der Waals surface area contributed by atoms with Crippen LogP contribution in [-0.2, 0) is 16.6 Å². The molecule has 1 aliphatic rings. The molecule has 0 radical (unpaired) electrons. The lowest BCUT2D eigenvalue weighted by Gasteiger charge is -2.39. The first-order chi connectivity index (χ1) is 16.9. The van der Waals surface area contributed by atoms with Crippen molar-refractivity contribution in [3.05, 3.63) is 72.7 Å². The Morgan fingerprint density at radius 3 is 2.66 bits per heavy atom. The quantitative estimate of drug-likeness (QED) is 0.419. The van der Waals surface area contributed by atoms with Gasteiger partial charge in [-0.05, 0) is 44.0 Å². The minimum absolute atomic E-state index is 0.0299. The van der Waals surface area contributed by atoms with Crippen LogP contribution < -0.4 is 9.62 Å². The Morgan fingerprint density at radius 1 is 1.11 bits per heavy atom. The second-order valence-corrected chi connectivity index (χ2v) is 10.3. The van der Waals surface area contributed by atoms with Crippen LogP contribution in [0.2, 0.25) is 0 Å². The zero-order valence-electron chi connectivity index (χ0n) is 19.7. The number of pyridine rings is 1. The number of benzene rings is 1. The highest BCUT2D eigenvalue weighted by atomic mass is 32.2. The summed E-state index contributed by atoms with van der Waals surface area (Å²) >= 11 is 0. The van der Waals surface area contributed by atoms with Crippen LogP contribution in [0.25, 0.3) is 17.1 Å². The number of rotatable bonds is 7. The minimum atomic E-state index is -3.67. The normalized spacial score (nSPS) is 15.2. The number of aromatic nitrogens is 6. The van der Waals surface area contributed by atoms with Gasteiger partial charge in [0, 0.05) is 30.5 Å². The summed E-state index contributed by atoms with van der Waals surface area (Å²) in [5.41, 5.74) is 2.20. The van der Waals surface area contributed by atoms with Gasteiger partial charge in [0.2, 0.25) is 10.0 Å². The van der Waals surface area contributed by atoms with Gasteiger partial charge in [0.25, 0.3) is 0 Å². The molecule has 4 aromatic rings. The largest absolute Gasteiger partial charge is 0.342 e. The van der Waals surface area contributed by atoms with Crippen LogP contribution in [-0.4, -0.2) is 44.2 Å². The molecule has 0 fully saturated rings. The Bertz CT molecular complexity index is 1450. The lowest BCUT2D eigenvalue weighted by atomic mass is 10.1. The van der Waals surface area contributed by atoms with Crippen LogP contribution in [0.1, 0.15) is 44.6 Å². The molecule has 1 aliphatic heterocycles. The molecule has 0 saturated carbocycles. The van der Waals surface area contributed by atoms with E-state index in [1.807, 2.05) is 4.57 Å². The molecule has 11 heteroatoms. The topological polar surface area (TPSA) is 119 Å². The van der Waals surface area contributed by atoms with Crippen LogP contribution in [0, 0.1) is 0 Å². The number of fused-ring (bicyclic) bond motifs is 3. The van der Waals surface area contributed by atoms with E-state index in [9.17, 15) is 8.42 Å². The van der Waals surface area contributed by atoms with Crippen molar-refractivity contribution in [2.45, 2.75) is 50.7 Å². The lowest BCUT2D eigenvalue weighted by molar-refractivity contribution is 0.497. The highest BCUT2D eigenvalue weighted by Gasteiger charge is 2.35. The maximum absolute atomic E-state index is 12.7. The SMILES string of the molecule is CCC1c2nncn2-c2cnc(-c3ccncc3CNS(=O)(=O)c3ccccc3)nc2N1C(C)C. The summed E-state index contributed by atoms with van der Waals surface area (Å²) in [5.74, 6) is 2.15.